The Morgan fingerprint density at radius 1 is 1.10 bits per heavy atom. The molecule has 0 aliphatic heterocycles. The van der Waals surface area contributed by atoms with Crippen LogP contribution in [0.15, 0.2) is 30.5 Å². The van der Waals surface area contributed by atoms with Gasteiger partial charge in [0.2, 0.25) is 5.91 Å². The molecule has 0 fully saturated rings. The summed E-state index contributed by atoms with van der Waals surface area (Å²) in [5, 5.41) is 5.27. The van der Waals surface area contributed by atoms with E-state index in [0.29, 0.717) is 0 Å². The number of aromatic nitrogens is 2. The second-order valence-corrected chi connectivity index (χ2v) is 5.97. The van der Waals surface area contributed by atoms with Crippen molar-refractivity contribution < 1.29 is 35.9 Å². The highest BCUT2D eigenvalue weighted by molar-refractivity contribution is 6.00. The van der Waals surface area contributed by atoms with Gasteiger partial charge in [-0.15, -0.1) is 0 Å². The third kappa shape index (κ3) is 5.27. The predicted molar refractivity (Wildman–Crippen MR) is 89.9 cm³/mol. The van der Waals surface area contributed by atoms with Gasteiger partial charge < -0.3 is 10.2 Å². The van der Waals surface area contributed by atoms with Gasteiger partial charge in [-0.3, -0.25) is 14.3 Å². The lowest BCUT2D eigenvalue weighted by Gasteiger charge is -2.21. The predicted octanol–water partition coefficient (Wildman–Crippen LogP) is 3.56. The molecule has 0 saturated carbocycles. The number of alkyl halides is 6. The SMILES string of the molecule is CCN(CC(=O)Nc1ccccc1C(F)(F)F)C(=O)c1cn(C)nc1C(F)(F)F. The van der Waals surface area contributed by atoms with Gasteiger partial charge in [-0.05, 0) is 19.1 Å². The molecule has 0 unspecified atom stereocenters. The Hall–Kier alpha value is -3.05. The lowest BCUT2D eigenvalue weighted by atomic mass is 10.1. The Kier molecular flexibility index (Phi) is 6.24. The first-order chi connectivity index (χ1) is 13.3. The van der Waals surface area contributed by atoms with Gasteiger partial charge in [-0.25, -0.2) is 0 Å². The van der Waals surface area contributed by atoms with Crippen molar-refractivity contribution in [1.82, 2.24) is 14.7 Å². The van der Waals surface area contributed by atoms with Gasteiger partial charge in [0.15, 0.2) is 5.69 Å². The smallest absolute Gasteiger partial charge is 0.329 e. The number of rotatable bonds is 5. The molecule has 1 N–H and O–H groups in total. The van der Waals surface area contributed by atoms with Crippen molar-refractivity contribution >= 4 is 17.5 Å². The summed E-state index contributed by atoms with van der Waals surface area (Å²) in [5.74, 6) is -2.11. The van der Waals surface area contributed by atoms with Crippen LogP contribution < -0.4 is 5.32 Å². The number of benzene rings is 1. The summed E-state index contributed by atoms with van der Waals surface area (Å²) in [6.45, 7) is 0.519. The minimum atomic E-state index is -4.89. The maximum atomic E-state index is 13.1. The van der Waals surface area contributed by atoms with E-state index in [9.17, 15) is 35.9 Å². The maximum absolute atomic E-state index is 13.1. The second-order valence-electron chi connectivity index (χ2n) is 5.97. The van der Waals surface area contributed by atoms with E-state index in [1.807, 2.05) is 5.32 Å². The summed E-state index contributed by atoms with van der Waals surface area (Å²) in [6.07, 6.45) is -8.74. The number of carbonyl (C=O) groups excluding carboxylic acids is 2. The average molecular weight is 422 g/mol. The van der Waals surface area contributed by atoms with Gasteiger partial charge in [0, 0.05) is 19.8 Å². The van der Waals surface area contributed by atoms with Gasteiger partial charge >= 0.3 is 12.4 Å². The van der Waals surface area contributed by atoms with Crippen LogP contribution in [0.2, 0.25) is 0 Å². The standard InChI is InChI=1S/C17H16F6N4O2/c1-3-27(15(29)10-8-26(2)25-14(10)17(21,22)23)9-13(28)24-12-7-5-4-6-11(12)16(18,19)20/h4-8H,3,9H2,1-2H3,(H,24,28). The maximum Gasteiger partial charge on any atom is 0.435 e. The minimum Gasteiger partial charge on any atom is -0.329 e. The van der Waals surface area contributed by atoms with Crippen LogP contribution in [0, 0.1) is 0 Å². The Morgan fingerprint density at radius 2 is 1.72 bits per heavy atom. The molecule has 158 valence electrons. The zero-order valence-corrected chi connectivity index (χ0v) is 15.2. The summed E-state index contributed by atoms with van der Waals surface area (Å²) in [5.41, 5.74) is -3.78. The number of carbonyl (C=O) groups is 2. The zero-order chi connectivity index (χ0) is 22.0. The van der Waals surface area contributed by atoms with E-state index >= 15 is 0 Å². The number of likely N-dealkylation sites (N-methyl/N-ethyl adjacent to an activating group) is 1. The van der Waals surface area contributed by atoms with Gasteiger partial charge in [-0.2, -0.15) is 31.4 Å². The van der Waals surface area contributed by atoms with E-state index in [1.54, 1.807) is 0 Å². The molecule has 0 aliphatic rings. The van der Waals surface area contributed by atoms with Crippen molar-refractivity contribution in [1.29, 1.82) is 0 Å². The van der Waals surface area contributed by atoms with E-state index in [0.717, 1.165) is 34.0 Å². The molecule has 1 aromatic heterocycles. The van der Waals surface area contributed by atoms with Crippen molar-refractivity contribution in [2.24, 2.45) is 7.05 Å². The lowest BCUT2D eigenvalue weighted by molar-refractivity contribution is -0.142. The minimum absolute atomic E-state index is 0.153. The van der Waals surface area contributed by atoms with Crippen LogP contribution in [0.5, 0.6) is 0 Å². The summed E-state index contributed by atoms with van der Waals surface area (Å²) >= 11 is 0. The molecular weight excluding hydrogens is 406 g/mol. The van der Waals surface area contributed by atoms with Crippen LogP contribution in [0.1, 0.15) is 28.5 Å². The van der Waals surface area contributed by atoms with Crippen molar-refractivity contribution in [3.63, 3.8) is 0 Å². The van der Waals surface area contributed by atoms with Crippen LogP contribution in [-0.2, 0) is 24.2 Å². The molecule has 29 heavy (non-hydrogen) atoms. The number of amides is 2. The third-order valence-electron chi connectivity index (χ3n) is 3.84. The number of hydrogen-bond donors (Lipinski definition) is 1. The van der Waals surface area contributed by atoms with Crippen LogP contribution in [-0.4, -0.2) is 39.6 Å². The number of aryl methyl sites for hydroxylation is 1. The summed E-state index contributed by atoms with van der Waals surface area (Å²) in [6, 6.07) is 4.21. The van der Waals surface area contributed by atoms with E-state index in [2.05, 4.69) is 5.10 Å². The summed E-state index contributed by atoms with van der Waals surface area (Å²) in [4.78, 5) is 25.4. The number of nitrogens with one attached hydrogen (secondary N) is 1. The van der Waals surface area contributed by atoms with Crippen LogP contribution >= 0.6 is 0 Å². The summed E-state index contributed by atoms with van der Waals surface area (Å²) in [7, 11) is 1.20. The first kappa shape index (κ1) is 22.2. The first-order valence-electron chi connectivity index (χ1n) is 8.20. The largest absolute Gasteiger partial charge is 0.435 e. The molecule has 6 nitrogen and oxygen atoms in total. The molecule has 0 spiro atoms. The molecule has 0 aliphatic carbocycles. The molecule has 0 radical (unpaired) electrons. The topological polar surface area (TPSA) is 67.2 Å². The third-order valence-corrected chi connectivity index (χ3v) is 3.84. The monoisotopic (exact) mass is 422 g/mol. The fourth-order valence-corrected chi connectivity index (χ4v) is 2.55. The van der Waals surface area contributed by atoms with Gasteiger partial charge in [-0.1, -0.05) is 12.1 Å². The Morgan fingerprint density at radius 3 is 2.28 bits per heavy atom. The average Bonchev–Trinajstić information content (AvgIpc) is 3.01. The van der Waals surface area contributed by atoms with Crippen LogP contribution in [0.3, 0.4) is 0 Å². The fourth-order valence-electron chi connectivity index (χ4n) is 2.55. The molecule has 0 atom stereocenters. The van der Waals surface area contributed by atoms with Gasteiger partial charge in [0.1, 0.15) is 6.54 Å². The second kappa shape index (κ2) is 8.13. The molecule has 0 bridgehead atoms. The number of hydrogen-bond acceptors (Lipinski definition) is 3. The van der Waals surface area contributed by atoms with E-state index in [1.165, 1.54) is 20.0 Å². The quantitative estimate of drug-likeness (QED) is 0.750. The van der Waals surface area contributed by atoms with E-state index in [4.69, 9.17) is 0 Å². The first-order valence-corrected chi connectivity index (χ1v) is 8.20. The van der Waals surface area contributed by atoms with E-state index < -0.39 is 53.2 Å². The van der Waals surface area contributed by atoms with Crippen LogP contribution in [0.25, 0.3) is 0 Å². The van der Waals surface area contributed by atoms with Crippen molar-refractivity contribution in [2.45, 2.75) is 19.3 Å². The molecular formula is C17H16F6N4O2. The normalized spacial score (nSPS) is 12.0. The van der Waals surface area contributed by atoms with Crippen LogP contribution in [0.4, 0.5) is 32.0 Å². The number of halogens is 6. The Bertz CT molecular complexity index is 904. The molecule has 2 aromatic rings. The van der Waals surface area contributed by atoms with Crippen molar-refractivity contribution in [3.8, 4) is 0 Å². The number of anilines is 1. The number of para-hydroxylation sites is 1. The summed E-state index contributed by atoms with van der Waals surface area (Å²) < 4.78 is 79.0. The number of nitrogens with zero attached hydrogens (tertiary/aromatic N) is 3. The Balaban J connectivity index is 2.21. The fraction of sp³-hybridized carbons (Fsp3) is 0.353. The van der Waals surface area contributed by atoms with E-state index in [-0.39, 0.29) is 6.54 Å². The van der Waals surface area contributed by atoms with Crippen molar-refractivity contribution in [3.05, 3.63) is 47.3 Å². The Labute approximate surface area is 161 Å². The molecule has 2 amide bonds. The van der Waals surface area contributed by atoms with Gasteiger partial charge in [0.05, 0.1) is 16.8 Å². The molecule has 2 rings (SSSR count). The highest BCUT2D eigenvalue weighted by Crippen LogP contribution is 2.34. The van der Waals surface area contributed by atoms with Gasteiger partial charge in [0.25, 0.3) is 5.91 Å². The molecule has 12 heteroatoms. The highest BCUT2D eigenvalue weighted by Gasteiger charge is 2.40. The highest BCUT2D eigenvalue weighted by atomic mass is 19.4. The molecule has 1 heterocycles. The lowest BCUT2D eigenvalue weighted by Crippen LogP contribution is -2.38. The molecule has 0 saturated heterocycles. The molecule has 1 aromatic carbocycles. The van der Waals surface area contributed by atoms with Crippen molar-refractivity contribution in [2.75, 3.05) is 18.4 Å². The zero-order valence-electron chi connectivity index (χ0n) is 15.2.